The molecule has 6 heteroatoms. The Hall–Kier alpha value is -2.83. The number of halogens is 2. The molecule has 0 spiro atoms. The maximum absolute atomic E-state index is 13.3. The van der Waals surface area contributed by atoms with Crippen LogP contribution < -0.4 is 0 Å². The van der Waals surface area contributed by atoms with Crippen molar-refractivity contribution in [3.63, 3.8) is 0 Å². The van der Waals surface area contributed by atoms with Crippen molar-refractivity contribution in [2.75, 3.05) is 19.6 Å². The Morgan fingerprint density at radius 3 is 2.37 bits per heavy atom. The monoisotopic (exact) mass is 531 g/mol. The number of imidazole rings is 1. The molecule has 2 aliphatic rings. The van der Waals surface area contributed by atoms with Crippen LogP contribution in [0.1, 0.15) is 19.3 Å². The largest absolute Gasteiger partial charge is 0.324 e. The number of rotatable bonds is 7. The highest BCUT2D eigenvalue weighted by atomic mass is 79.9. The quantitative estimate of drug-likeness (QED) is 0.253. The van der Waals surface area contributed by atoms with Gasteiger partial charge < -0.3 is 14.3 Å². The molecule has 1 saturated carbocycles. The van der Waals surface area contributed by atoms with E-state index in [-0.39, 0.29) is 11.2 Å². The Labute approximate surface area is 212 Å². The van der Waals surface area contributed by atoms with E-state index in [1.165, 1.54) is 18.4 Å². The molecular weight excluding hydrogens is 505 g/mol. The fraction of sp³-hybridized carbons (Fsp3) is 0.310. The molecular formula is C29H27BrFN3O. The van der Waals surface area contributed by atoms with Gasteiger partial charge in [0.1, 0.15) is 23.4 Å². The molecule has 4 nitrogen and oxygen atoms in total. The highest BCUT2D eigenvalue weighted by Gasteiger charge is 2.44. The number of aromatic nitrogens is 2. The minimum absolute atomic E-state index is 0.0706. The summed E-state index contributed by atoms with van der Waals surface area (Å²) in [5.74, 6) is 1.25. The van der Waals surface area contributed by atoms with Crippen LogP contribution in [0.2, 0.25) is 0 Å². The van der Waals surface area contributed by atoms with E-state index in [0.717, 1.165) is 83.5 Å². The van der Waals surface area contributed by atoms with Gasteiger partial charge in [0.2, 0.25) is 0 Å². The average molecular weight is 532 g/mol. The Balaban J connectivity index is 1.29. The highest BCUT2D eigenvalue weighted by molar-refractivity contribution is 9.10. The second-order valence-corrected chi connectivity index (χ2v) is 11.0. The fourth-order valence-corrected chi connectivity index (χ4v) is 5.80. The summed E-state index contributed by atoms with van der Waals surface area (Å²) in [6.45, 7) is 3.87. The number of fused-ring (bicyclic) bond motifs is 1. The van der Waals surface area contributed by atoms with E-state index in [1.54, 1.807) is 12.1 Å². The average Bonchev–Trinajstić information content (AvgIpc) is 3.35. The number of para-hydroxylation sites is 1. The zero-order valence-corrected chi connectivity index (χ0v) is 21.0. The summed E-state index contributed by atoms with van der Waals surface area (Å²) in [7, 11) is 0. The van der Waals surface area contributed by atoms with Gasteiger partial charge in [0.05, 0.1) is 5.52 Å². The van der Waals surface area contributed by atoms with Gasteiger partial charge in [0, 0.05) is 35.1 Å². The van der Waals surface area contributed by atoms with E-state index in [1.807, 2.05) is 6.07 Å². The van der Waals surface area contributed by atoms with E-state index >= 15 is 0 Å². The van der Waals surface area contributed by atoms with Crippen LogP contribution in [-0.4, -0.2) is 40.4 Å². The molecule has 0 radical (unpaired) electrons. The third kappa shape index (κ3) is 4.45. The fourth-order valence-electron chi connectivity index (χ4n) is 5.35. The number of likely N-dealkylation sites (tertiary alicyclic amines) is 1. The van der Waals surface area contributed by atoms with Crippen LogP contribution >= 0.6 is 15.9 Å². The summed E-state index contributed by atoms with van der Waals surface area (Å²) in [6, 6.07) is 21.2. The molecule has 1 aliphatic heterocycles. The molecule has 4 aromatic rings. The lowest BCUT2D eigenvalue weighted by atomic mass is 10.0. The molecule has 6 rings (SSSR count). The predicted octanol–water partition coefficient (Wildman–Crippen LogP) is 6.57. The Morgan fingerprint density at radius 1 is 1.00 bits per heavy atom. The molecule has 0 amide bonds. The van der Waals surface area contributed by atoms with Crippen molar-refractivity contribution >= 4 is 33.2 Å². The van der Waals surface area contributed by atoms with E-state index in [2.05, 4.69) is 61.8 Å². The first-order chi connectivity index (χ1) is 17.0. The summed E-state index contributed by atoms with van der Waals surface area (Å²) in [4.78, 5) is 19.0. The summed E-state index contributed by atoms with van der Waals surface area (Å²) >= 11 is 3.69. The first kappa shape index (κ1) is 22.6. The molecule has 3 aromatic carbocycles. The molecule has 2 heterocycles. The van der Waals surface area contributed by atoms with Gasteiger partial charge in [-0.2, -0.15) is 0 Å². The molecule has 1 aromatic heterocycles. The number of carbonyl (C=O) groups is 1. The SMILES string of the molecule is O=CC1(CN2CCC(Cn3c(-c4ccc(-c5ccc(F)cc5)cc4)nc4c(Br)cccc43)C2)CC1. The smallest absolute Gasteiger partial charge is 0.141 e. The van der Waals surface area contributed by atoms with Crippen molar-refractivity contribution in [2.45, 2.75) is 25.8 Å². The van der Waals surface area contributed by atoms with Crippen molar-refractivity contribution in [2.24, 2.45) is 11.3 Å². The zero-order valence-electron chi connectivity index (χ0n) is 19.5. The standard InChI is InChI=1S/C29H27BrFN3O/c30-25-2-1-3-26-27(25)32-28(23-6-4-21(5-7-23)22-8-10-24(31)11-9-22)34(26)17-20-12-15-33(16-20)18-29(19-35)13-14-29/h1-11,19-20H,12-18H2. The number of hydrogen-bond acceptors (Lipinski definition) is 3. The number of nitrogens with zero attached hydrogens (tertiary/aromatic N) is 3. The van der Waals surface area contributed by atoms with E-state index in [9.17, 15) is 9.18 Å². The molecule has 1 aliphatic carbocycles. The van der Waals surface area contributed by atoms with Crippen LogP contribution in [0.25, 0.3) is 33.5 Å². The van der Waals surface area contributed by atoms with E-state index < -0.39 is 0 Å². The van der Waals surface area contributed by atoms with Crippen LogP contribution in [0.5, 0.6) is 0 Å². The number of carbonyl (C=O) groups excluding carboxylic acids is 1. The van der Waals surface area contributed by atoms with Crippen LogP contribution in [-0.2, 0) is 11.3 Å². The molecule has 0 bridgehead atoms. The molecule has 0 N–H and O–H groups in total. The van der Waals surface area contributed by atoms with Gasteiger partial charge in [0.25, 0.3) is 0 Å². The van der Waals surface area contributed by atoms with Gasteiger partial charge in [-0.25, -0.2) is 9.37 Å². The molecule has 35 heavy (non-hydrogen) atoms. The van der Waals surface area contributed by atoms with Gasteiger partial charge in [-0.3, -0.25) is 0 Å². The van der Waals surface area contributed by atoms with Crippen LogP contribution in [0.3, 0.4) is 0 Å². The van der Waals surface area contributed by atoms with Gasteiger partial charge >= 0.3 is 0 Å². The van der Waals surface area contributed by atoms with Crippen LogP contribution in [0.15, 0.2) is 71.2 Å². The normalized spacial score (nSPS) is 19.3. The van der Waals surface area contributed by atoms with Crippen molar-refractivity contribution < 1.29 is 9.18 Å². The van der Waals surface area contributed by atoms with Crippen molar-refractivity contribution in [3.05, 3.63) is 77.0 Å². The lowest BCUT2D eigenvalue weighted by Gasteiger charge is -2.20. The zero-order chi connectivity index (χ0) is 24.0. The van der Waals surface area contributed by atoms with Gasteiger partial charge in [0.15, 0.2) is 0 Å². The van der Waals surface area contributed by atoms with Crippen LogP contribution in [0.4, 0.5) is 4.39 Å². The predicted molar refractivity (Wildman–Crippen MR) is 141 cm³/mol. The first-order valence-electron chi connectivity index (χ1n) is 12.2. The number of hydrogen-bond donors (Lipinski definition) is 0. The molecule has 178 valence electrons. The molecule has 1 saturated heterocycles. The lowest BCUT2D eigenvalue weighted by molar-refractivity contribution is -0.112. The highest BCUT2D eigenvalue weighted by Crippen LogP contribution is 2.45. The van der Waals surface area contributed by atoms with Crippen molar-refractivity contribution in [3.8, 4) is 22.5 Å². The summed E-state index contributed by atoms with van der Waals surface area (Å²) < 4.78 is 16.7. The van der Waals surface area contributed by atoms with Gasteiger partial charge in [-0.05, 0) is 83.0 Å². The maximum Gasteiger partial charge on any atom is 0.141 e. The second-order valence-electron chi connectivity index (χ2n) is 10.1. The third-order valence-electron chi connectivity index (χ3n) is 7.54. The topological polar surface area (TPSA) is 38.1 Å². The Morgan fingerprint density at radius 2 is 1.69 bits per heavy atom. The number of aldehydes is 1. The molecule has 1 unspecified atom stereocenters. The molecule has 1 atom stereocenters. The lowest BCUT2D eigenvalue weighted by Crippen LogP contribution is -2.29. The van der Waals surface area contributed by atoms with E-state index in [0.29, 0.717) is 5.92 Å². The van der Waals surface area contributed by atoms with Gasteiger partial charge in [-0.1, -0.05) is 42.5 Å². The van der Waals surface area contributed by atoms with Crippen LogP contribution in [0, 0.1) is 17.2 Å². The van der Waals surface area contributed by atoms with Gasteiger partial charge in [-0.15, -0.1) is 0 Å². The summed E-state index contributed by atoms with van der Waals surface area (Å²) in [5, 5.41) is 0. The Kier molecular flexibility index (Phi) is 5.81. The second kappa shape index (κ2) is 8.99. The minimum atomic E-state index is -0.228. The third-order valence-corrected chi connectivity index (χ3v) is 8.18. The minimum Gasteiger partial charge on any atom is -0.324 e. The Bertz CT molecular complexity index is 1380. The number of benzene rings is 3. The van der Waals surface area contributed by atoms with Crippen molar-refractivity contribution in [1.29, 1.82) is 0 Å². The summed E-state index contributed by atoms with van der Waals surface area (Å²) in [6.07, 6.45) is 4.38. The summed E-state index contributed by atoms with van der Waals surface area (Å²) in [5.41, 5.74) is 5.13. The first-order valence-corrected chi connectivity index (χ1v) is 13.0. The van der Waals surface area contributed by atoms with Crippen molar-refractivity contribution in [1.82, 2.24) is 14.5 Å². The molecule has 2 fully saturated rings. The van der Waals surface area contributed by atoms with E-state index in [4.69, 9.17) is 4.98 Å². The maximum atomic E-state index is 13.3.